The molecular formula is C18H26N2O3. The molecule has 2 heterocycles. The first-order valence-corrected chi connectivity index (χ1v) is 8.47. The number of amides is 1. The summed E-state index contributed by atoms with van der Waals surface area (Å²) in [5, 5.41) is 9.52. The van der Waals surface area contributed by atoms with E-state index in [4.69, 9.17) is 0 Å². The monoisotopic (exact) mass is 318 g/mol. The number of aromatic nitrogens is 1. The van der Waals surface area contributed by atoms with Gasteiger partial charge in [0.05, 0.1) is 5.41 Å². The van der Waals surface area contributed by atoms with Gasteiger partial charge in [-0.1, -0.05) is 12.8 Å². The van der Waals surface area contributed by atoms with Crippen molar-refractivity contribution in [2.24, 2.45) is 5.41 Å². The minimum atomic E-state index is -0.871. The van der Waals surface area contributed by atoms with Crippen LogP contribution >= 0.6 is 0 Å². The fourth-order valence-corrected chi connectivity index (χ4v) is 4.37. The number of carboxylic acids is 1. The maximum atomic E-state index is 13.1. The van der Waals surface area contributed by atoms with Crippen LogP contribution in [0.2, 0.25) is 0 Å². The Morgan fingerprint density at radius 3 is 2.43 bits per heavy atom. The standard InChI is InChI=1S/C18H26N2O3/c1-17(2)11-18(3,16(22)23)12-20(17)15(21)14-9-6-10-19(14)13-7-4-5-8-13/h6,9-10,13H,4-5,7-8,11-12H2,1-3H3,(H,22,23). The molecule has 0 radical (unpaired) electrons. The van der Waals surface area contributed by atoms with Gasteiger partial charge in [0.15, 0.2) is 0 Å². The van der Waals surface area contributed by atoms with Gasteiger partial charge in [0, 0.05) is 24.3 Å². The lowest BCUT2D eigenvalue weighted by molar-refractivity contribution is -0.147. The molecule has 1 saturated heterocycles. The molecule has 1 aliphatic carbocycles. The number of carboxylic acid groups (broad SMARTS) is 1. The molecule has 2 aliphatic rings. The van der Waals surface area contributed by atoms with Gasteiger partial charge in [-0.05, 0) is 52.2 Å². The van der Waals surface area contributed by atoms with Gasteiger partial charge in [-0.2, -0.15) is 0 Å². The number of rotatable bonds is 3. The van der Waals surface area contributed by atoms with Crippen molar-refractivity contribution in [3.05, 3.63) is 24.0 Å². The summed E-state index contributed by atoms with van der Waals surface area (Å²) in [6, 6.07) is 4.19. The second-order valence-electron chi connectivity index (χ2n) is 7.99. The quantitative estimate of drug-likeness (QED) is 0.930. The van der Waals surface area contributed by atoms with E-state index < -0.39 is 16.9 Å². The van der Waals surface area contributed by atoms with Crippen molar-refractivity contribution in [1.82, 2.24) is 9.47 Å². The highest BCUT2D eigenvalue weighted by atomic mass is 16.4. The first-order chi connectivity index (χ1) is 10.7. The van der Waals surface area contributed by atoms with Crippen LogP contribution in [0.5, 0.6) is 0 Å². The summed E-state index contributed by atoms with van der Waals surface area (Å²) >= 11 is 0. The van der Waals surface area contributed by atoms with E-state index in [2.05, 4.69) is 4.57 Å². The molecule has 1 atom stereocenters. The molecule has 1 N–H and O–H groups in total. The number of carbonyl (C=O) groups is 2. The molecule has 126 valence electrons. The zero-order chi connectivity index (χ0) is 16.8. The first kappa shape index (κ1) is 16.1. The van der Waals surface area contributed by atoms with Crippen molar-refractivity contribution in [3.8, 4) is 0 Å². The summed E-state index contributed by atoms with van der Waals surface area (Å²) in [5.74, 6) is -0.871. The third kappa shape index (κ3) is 2.66. The molecule has 1 saturated carbocycles. The van der Waals surface area contributed by atoms with Gasteiger partial charge in [0.25, 0.3) is 5.91 Å². The molecule has 5 nitrogen and oxygen atoms in total. The predicted molar refractivity (Wildman–Crippen MR) is 87.4 cm³/mol. The van der Waals surface area contributed by atoms with Crippen LogP contribution in [0.4, 0.5) is 0 Å². The fraction of sp³-hybridized carbons (Fsp3) is 0.667. The number of nitrogens with zero attached hydrogens (tertiary/aromatic N) is 2. The molecule has 5 heteroatoms. The minimum Gasteiger partial charge on any atom is -0.481 e. The first-order valence-electron chi connectivity index (χ1n) is 8.47. The third-order valence-corrected chi connectivity index (χ3v) is 5.54. The van der Waals surface area contributed by atoms with Crippen molar-refractivity contribution in [3.63, 3.8) is 0 Å². The molecule has 0 spiro atoms. The van der Waals surface area contributed by atoms with Gasteiger partial charge in [0.2, 0.25) is 0 Å². The van der Waals surface area contributed by atoms with Gasteiger partial charge >= 0.3 is 5.97 Å². The second kappa shape index (κ2) is 5.39. The predicted octanol–water partition coefficient (Wildman–Crippen LogP) is 3.32. The lowest BCUT2D eigenvalue weighted by Gasteiger charge is -2.32. The maximum Gasteiger partial charge on any atom is 0.311 e. The van der Waals surface area contributed by atoms with E-state index in [1.165, 1.54) is 12.8 Å². The summed E-state index contributed by atoms with van der Waals surface area (Å²) in [5.41, 5.74) is -0.626. The van der Waals surface area contributed by atoms with Crippen LogP contribution in [-0.4, -0.2) is 38.5 Å². The summed E-state index contributed by atoms with van der Waals surface area (Å²) in [6.07, 6.45) is 7.12. The minimum absolute atomic E-state index is 0.0446. The number of carbonyl (C=O) groups excluding carboxylic acids is 1. The number of hydrogen-bond acceptors (Lipinski definition) is 2. The largest absolute Gasteiger partial charge is 0.481 e. The molecule has 3 rings (SSSR count). The van der Waals surface area contributed by atoms with Gasteiger partial charge in [-0.15, -0.1) is 0 Å². The Hall–Kier alpha value is -1.78. The Morgan fingerprint density at radius 2 is 1.87 bits per heavy atom. The number of likely N-dealkylation sites (tertiary alicyclic amines) is 1. The Balaban J connectivity index is 1.89. The van der Waals surface area contributed by atoms with E-state index in [0.29, 0.717) is 18.2 Å². The normalized spacial score (nSPS) is 27.5. The Kier molecular flexibility index (Phi) is 3.77. The molecular weight excluding hydrogens is 292 g/mol. The highest BCUT2D eigenvalue weighted by molar-refractivity contribution is 5.94. The lowest BCUT2D eigenvalue weighted by Crippen LogP contribution is -2.43. The lowest BCUT2D eigenvalue weighted by atomic mass is 9.84. The SMILES string of the molecule is CC1(C(=O)O)CN(C(=O)c2cccn2C2CCCC2)C(C)(C)C1. The van der Waals surface area contributed by atoms with E-state index >= 15 is 0 Å². The van der Waals surface area contributed by atoms with Crippen molar-refractivity contribution in [1.29, 1.82) is 0 Å². The Labute approximate surface area is 137 Å². The van der Waals surface area contributed by atoms with E-state index in [9.17, 15) is 14.7 Å². The van der Waals surface area contributed by atoms with Crippen LogP contribution in [0.15, 0.2) is 18.3 Å². The van der Waals surface area contributed by atoms with E-state index in [0.717, 1.165) is 12.8 Å². The third-order valence-electron chi connectivity index (χ3n) is 5.54. The number of aliphatic carboxylic acids is 1. The number of hydrogen-bond donors (Lipinski definition) is 1. The van der Waals surface area contributed by atoms with E-state index in [1.54, 1.807) is 11.8 Å². The summed E-state index contributed by atoms with van der Waals surface area (Å²) in [7, 11) is 0. The molecule has 1 aromatic rings. The fourth-order valence-electron chi connectivity index (χ4n) is 4.37. The molecule has 2 fully saturated rings. The molecule has 1 unspecified atom stereocenters. The van der Waals surface area contributed by atoms with Gasteiger partial charge in [0.1, 0.15) is 5.69 Å². The second-order valence-corrected chi connectivity index (χ2v) is 7.99. The van der Waals surface area contributed by atoms with Crippen molar-refractivity contribution < 1.29 is 14.7 Å². The molecule has 1 aromatic heterocycles. The molecule has 1 amide bonds. The van der Waals surface area contributed by atoms with Crippen molar-refractivity contribution >= 4 is 11.9 Å². The highest BCUT2D eigenvalue weighted by Crippen LogP contribution is 2.42. The average molecular weight is 318 g/mol. The van der Waals surface area contributed by atoms with Crippen LogP contribution in [0.3, 0.4) is 0 Å². The van der Waals surface area contributed by atoms with Crippen LogP contribution < -0.4 is 0 Å². The topological polar surface area (TPSA) is 62.5 Å². The summed E-state index contributed by atoms with van der Waals surface area (Å²) < 4.78 is 2.10. The zero-order valence-electron chi connectivity index (χ0n) is 14.2. The highest BCUT2D eigenvalue weighted by Gasteiger charge is 2.52. The Bertz CT molecular complexity index is 628. The van der Waals surface area contributed by atoms with Crippen molar-refractivity contribution in [2.75, 3.05) is 6.54 Å². The van der Waals surface area contributed by atoms with Crippen LogP contribution in [0, 0.1) is 5.41 Å². The average Bonchev–Trinajstić information content (AvgIpc) is 3.15. The summed E-state index contributed by atoms with van der Waals surface area (Å²) in [4.78, 5) is 26.5. The van der Waals surface area contributed by atoms with E-state index in [1.807, 2.05) is 32.2 Å². The zero-order valence-corrected chi connectivity index (χ0v) is 14.2. The van der Waals surface area contributed by atoms with Crippen LogP contribution in [-0.2, 0) is 4.79 Å². The van der Waals surface area contributed by atoms with Gasteiger partial charge in [-0.25, -0.2) is 0 Å². The molecule has 0 bridgehead atoms. The van der Waals surface area contributed by atoms with Crippen LogP contribution in [0.1, 0.15) is 69.4 Å². The van der Waals surface area contributed by atoms with Gasteiger partial charge in [-0.3, -0.25) is 9.59 Å². The smallest absolute Gasteiger partial charge is 0.311 e. The molecule has 23 heavy (non-hydrogen) atoms. The molecule has 1 aliphatic heterocycles. The molecule has 0 aromatic carbocycles. The summed E-state index contributed by atoms with van der Waals surface area (Å²) in [6.45, 7) is 5.92. The van der Waals surface area contributed by atoms with E-state index in [-0.39, 0.29) is 12.5 Å². The van der Waals surface area contributed by atoms with Gasteiger partial charge < -0.3 is 14.6 Å². The van der Waals surface area contributed by atoms with Crippen LogP contribution in [0.25, 0.3) is 0 Å². The Morgan fingerprint density at radius 1 is 1.22 bits per heavy atom. The maximum absolute atomic E-state index is 13.1. The van der Waals surface area contributed by atoms with Crippen molar-refractivity contribution in [2.45, 2.75) is 64.5 Å².